The number of hydrogen-bond donors (Lipinski definition) is 1. The molecule has 1 saturated carbocycles. The lowest BCUT2D eigenvalue weighted by molar-refractivity contribution is -0.125. The molecule has 5 heteroatoms. The quantitative estimate of drug-likeness (QED) is 0.595. The van der Waals surface area contributed by atoms with Gasteiger partial charge >= 0.3 is 0 Å². The van der Waals surface area contributed by atoms with Gasteiger partial charge in [0.05, 0.1) is 10.9 Å². The van der Waals surface area contributed by atoms with Crippen LogP contribution in [0.1, 0.15) is 49.7 Å². The Morgan fingerprint density at radius 3 is 2.45 bits per heavy atom. The van der Waals surface area contributed by atoms with Gasteiger partial charge < -0.3 is 5.73 Å². The van der Waals surface area contributed by atoms with Crippen molar-refractivity contribution in [2.45, 2.75) is 43.9 Å². The first kappa shape index (κ1) is 19.8. The molecule has 2 N–H and O–H groups in total. The van der Waals surface area contributed by atoms with Crippen molar-refractivity contribution >= 4 is 28.4 Å². The lowest BCUT2D eigenvalue weighted by atomic mass is 9.63. The summed E-state index contributed by atoms with van der Waals surface area (Å²) < 4.78 is 13.8. The fraction of sp³-hybridized carbons (Fsp3) is 0.333. The highest BCUT2D eigenvalue weighted by atomic mass is 35.5. The van der Waals surface area contributed by atoms with E-state index in [4.69, 9.17) is 17.3 Å². The number of primary amides is 1. The number of aromatic nitrogens is 1. The van der Waals surface area contributed by atoms with Gasteiger partial charge in [-0.25, -0.2) is 4.39 Å². The van der Waals surface area contributed by atoms with E-state index in [0.29, 0.717) is 10.9 Å². The molecule has 0 aliphatic heterocycles. The second kappa shape index (κ2) is 7.75. The molecular formula is C24H24ClFN2O. The summed E-state index contributed by atoms with van der Waals surface area (Å²) in [5.41, 5.74) is 8.02. The molecule has 1 unspecified atom stereocenters. The highest BCUT2D eigenvalue weighted by Crippen LogP contribution is 2.46. The maximum Gasteiger partial charge on any atom is 0.228 e. The van der Waals surface area contributed by atoms with Gasteiger partial charge in [-0.1, -0.05) is 23.7 Å². The Morgan fingerprint density at radius 1 is 1.10 bits per heavy atom. The van der Waals surface area contributed by atoms with E-state index in [9.17, 15) is 9.18 Å². The van der Waals surface area contributed by atoms with Gasteiger partial charge in [0.15, 0.2) is 0 Å². The summed E-state index contributed by atoms with van der Waals surface area (Å²) >= 11 is 6.02. The number of pyridine rings is 1. The van der Waals surface area contributed by atoms with Gasteiger partial charge in [0.1, 0.15) is 5.82 Å². The number of rotatable bonds is 4. The van der Waals surface area contributed by atoms with Crippen LogP contribution in [0, 0.1) is 11.7 Å². The molecule has 3 aromatic rings. The smallest absolute Gasteiger partial charge is 0.228 e. The van der Waals surface area contributed by atoms with Gasteiger partial charge in [-0.3, -0.25) is 9.78 Å². The first-order valence-electron chi connectivity index (χ1n) is 9.99. The Kier molecular flexibility index (Phi) is 5.30. The van der Waals surface area contributed by atoms with E-state index in [1.54, 1.807) is 30.5 Å². The monoisotopic (exact) mass is 410 g/mol. The van der Waals surface area contributed by atoms with E-state index in [1.165, 1.54) is 6.07 Å². The molecule has 1 atom stereocenters. The Hall–Kier alpha value is -2.46. The molecule has 150 valence electrons. The molecule has 0 radical (unpaired) electrons. The van der Waals surface area contributed by atoms with Gasteiger partial charge in [0.25, 0.3) is 0 Å². The number of nitrogens with two attached hydrogens (primary N) is 1. The van der Waals surface area contributed by atoms with Crippen molar-refractivity contribution < 1.29 is 9.18 Å². The molecule has 2 aromatic carbocycles. The lowest BCUT2D eigenvalue weighted by Gasteiger charge is -2.40. The zero-order valence-corrected chi connectivity index (χ0v) is 17.1. The lowest BCUT2D eigenvalue weighted by Crippen LogP contribution is -2.46. The van der Waals surface area contributed by atoms with Gasteiger partial charge in [0.2, 0.25) is 5.91 Å². The summed E-state index contributed by atoms with van der Waals surface area (Å²) in [6.07, 6.45) is 5.41. The van der Waals surface area contributed by atoms with Crippen LogP contribution in [0.5, 0.6) is 0 Å². The maximum absolute atomic E-state index is 13.8. The van der Waals surface area contributed by atoms with Gasteiger partial charge in [-0.2, -0.15) is 0 Å². The van der Waals surface area contributed by atoms with Crippen molar-refractivity contribution in [3.05, 3.63) is 76.7 Å². The van der Waals surface area contributed by atoms with E-state index in [1.807, 2.05) is 25.1 Å². The number of carbonyl (C=O) groups is 1. The Bertz CT molecular complexity index is 1040. The number of nitrogens with zero attached hydrogens (tertiary/aromatic N) is 1. The minimum Gasteiger partial charge on any atom is -0.369 e. The van der Waals surface area contributed by atoms with E-state index in [-0.39, 0.29) is 17.6 Å². The molecule has 0 bridgehead atoms. The van der Waals surface area contributed by atoms with Crippen molar-refractivity contribution in [2.75, 3.05) is 0 Å². The maximum atomic E-state index is 13.8. The summed E-state index contributed by atoms with van der Waals surface area (Å²) in [5.74, 6) is -0.0765. The van der Waals surface area contributed by atoms with Crippen molar-refractivity contribution in [3.63, 3.8) is 0 Å². The summed E-state index contributed by atoms with van der Waals surface area (Å²) in [4.78, 5) is 16.9. The van der Waals surface area contributed by atoms with Crippen LogP contribution >= 0.6 is 11.6 Å². The molecule has 1 fully saturated rings. The van der Waals surface area contributed by atoms with Crippen LogP contribution < -0.4 is 5.73 Å². The summed E-state index contributed by atoms with van der Waals surface area (Å²) in [6, 6.07) is 14.2. The van der Waals surface area contributed by atoms with Crippen LogP contribution in [-0.2, 0) is 10.2 Å². The number of carbonyl (C=O) groups excluding carboxylic acids is 1. The number of amides is 1. The largest absolute Gasteiger partial charge is 0.369 e. The van der Waals surface area contributed by atoms with Crippen LogP contribution in [0.25, 0.3) is 10.9 Å². The number of halogens is 2. The number of hydrogen-bond acceptors (Lipinski definition) is 2. The van der Waals surface area contributed by atoms with Crippen LogP contribution in [0.2, 0.25) is 5.02 Å². The van der Waals surface area contributed by atoms with Gasteiger partial charge in [0, 0.05) is 16.6 Å². The Balaban J connectivity index is 1.59. The molecule has 0 saturated heterocycles. The van der Waals surface area contributed by atoms with Crippen LogP contribution in [0.4, 0.5) is 4.39 Å². The third-order valence-electron chi connectivity index (χ3n) is 6.68. The highest BCUT2D eigenvalue weighted by molar-refractivity contribution is 6.30. The van der Waals surface area contributed by atoms with E-state index in [0.717, 1.165) is 47.7 Å². The topological polar surface area (TPSA) is 56.0 Å². The van der Waals surface area contributed by atoms with E-state index >= 15 is 0 Å². The van der Waals surface area contributed by atoms with Crippen molar-refractivity contribution in [3.8, 4) is 0 Å². The third kappa shape index (κ3) is 3.62. The first-order chi connectivity index (χ1) is 13.9. The predicted octanol–water partition coefficient (Wildman–Crippen LogP) is 5.74. The third-order valence-corrected chi connectivity index (χ3v) is 6.93. The standard InChI is InChI=1S/C24H24ClFN2O/c1-24(23(27)29,17-6-8-18(25)9-7-17)16-4-2-15(3-5-16)20-12-13-28-22-11-10-19(26)14-21(20)22/h6-16H,2-5H2,1H3,(H2,27,29). The normalized spacial score (nSPS) is 21.6. The number of fused-ring (bicyclic) bond motifs is 1. The van der Waals surface area contributed by atoms with Gasteiger partial charge in [-0.05, 0) is 92.0 Å². The minimum atomic E-state index is -0.734. The van der Waals surface area contributed by atoms with Crippen molar-refractivity contribution in [1.82, 2.24) is 4.98 Å². The zero-order chi connectivity index (χ0) is 20.6. The molecule has 29 heavy (non-hydrogen) atoms. The molecule has 1 aliphatic rings. The molecule has 1 aliphatic carbocycles. The SMILES string of the molecule is CC(C(N)=O)(c1ccc(Cl)cc1)C1CCC(c2ccnc3ccc(F)cc23)CC1. The average Bonchev–Trinajstić information content (AvgIpc) is 2.73. The second-order valence-electron chi connectivity index (χ2n) is 8.18. The van der Waals surface area contributed by atoms with Crippen LogP contribution in [0.3, 0.4) is 0 Å². The van der Waals surface area contributed by atoms with Crippen LogP contribution in [0.15, 0.2) is 54.7 Å². The minimum absolute atomic E-state index is 0.155. The second-order valence-corrected chi connectivity index (χ2v) is 8.62. The highest BCUT2D eigenvalue weighted by Gasteiger charge is 2.43. The van der Waals surface area contributed by atoms with E-state index in [2.05, 4.69) is 4.98 Å². The van der Waals surface area contributed by atoms with E-state index < -0.39 is 5.41 Å². The number of benzene rings is 2. The zero-order valence-electron chi connectivity index (χ0n) is 16.4. The molecule has 3 nitrogen and oxygen atoms in total. The van der Waals surface area contributed by atoms with Crippen molar-refractivity contribution in [1.29, 1.82) is 0 Å². The molecular weight excluding hydrogens is 387 g/mol. The average molecular weight is 411 g/mol. The van der Waals surface area contributed by atoms with Gasteiger partial charge in [-0.15, -0.1) is 0 Å². The Morgan fingerprint density at radius 2 is 1.79 bits per heavy atom. The molecule has 1 amide bonds. The molecule has 1 heterocycles. The molecule has 1 aromatic heterocycles. The fourth-order valence-corrected chi connectivity index (χ4v) is 4.98. The fourth-order valence-electron chi connectivity index (χ4n) is 4.85. The van der Waals surface area contributed by atoms with Crippen molar-refractivity contribution in [2.24, 2.45) is 11.7 Å². The summed E-state index contributed by atoms with van der Waals surface area (Å²) in [5, 5.41) is 1.52. The summed E-state index contributed by atoms with van der Waals surface area (Å²) in [7, 11) is 0. The Labute approximate surface area is 175 Å². The van der Waals surface area contributed by atoms with Crippen LogP contribution in [-0.4, -0.2) is 10.9 Å². The summed E-state index contributed by atoms with van der Waals surface area (Å²) in [6.45, 7) is 1.95. The first-order valence-corrected chi connectivity index (χ1v) is 10.4. The molecule has 0 spiro atoms. The predicted molar refractivity (Wildman–Crippen MR) is 114 cm³/mol. The molecule has 4 rings (SSSR count).